The third kappa shape index (κ3) is 4.00. The van der Waals surface area contributed by atoms with Crippen LogP contribution in [0.4, 0.5) is 5.69 Å². The van der Waals surface area contributed by atoms with Crippen molar-refractivity contribution in [2.75, 3.05) is 29.9 Å². The lowest BCUT2D eigenvalue weighted by Crippen LogP contribution is -2.38. The van der Waals surface area contributed by atoms with Crippen LogP contribution in [0.1, 0.15) is 10.4 Å². The largest absolute Gasteiger partial charge is 0.322 e. The first-order chi connectivity index (χ1) is 11.9. The maximum atomic E-state index is 12.9. The topological polar surface area (TPSA) is 84.3 Å². The Morgan fingerprint density at radius 2 is 2.04 bits per heavy atom. The molecule has 0 aliphatic carbocycles. The standard InChI is InChI=1S/C15H17ClN4O3S2/c1-19-10-13(14(21)17-12-4-2-3-11(16)9-12)15(18-19)25(22,23)20-5-7-24-8-6-20/h2-4,9-10H,5-8H2,1H3,(H,17,21). The highest BCUT2D eigenvalue weighted by Gasteiger charge is 2.33. The Labute approximate surface area is 155 Å². The molecular weight excluding hydrogens is 384 g/mol. The molecule has 1 aliphatic heterocycles. The fourth-order valence-electron chi connectivity index (χ4n) is 2.49. The molecule has 1 amide bonds. The molecule has 10 heteroatoms. The Bertz CT molecular complexity index is 892. The monoisotopic (exact) mass is 400 g/mol. The molecule has 3 rings (SSSR count). The van der Waals surface area contributed by atoms with Gasteiger partial charge in [0.1, 0.15) is 0 Å². The Kier molecular flexibility index (Phi) is 5.38. The SMILES string of the molecule is Cn1cc(C(=O)Nc2cccc(Cl)c2)c(S(=O)(=O)N2CCSCC2)n1. The van der Waals surface area contributed by atoms with Crippen molar-refractivity contribution >= 4 is 45.0 Å². The van der Waals surface area contributed by atoms with Gasteiger partial charge in [0.25, 0.3) is 15.9 Å². The third-order valence-electron chi connectivity index (χ3n) is 3.68. The van der Waals surface area contributed by atoms with E-state index in [1.165, 1.54) is 15.2 Å². The quantitative estimate of drug-likeness (QED) is 0.849. The fourth-order valence-corrected chi connectivity index (χ4v) is 5.38. The minimum absolute atomic E-state index is 0.0145. The summed E-state index contributed by atoms with van der Waals surface area (Å²) >= 11 is 7.62. The molecule has 7 nitrogen and oxygen atoms in total. The number of nitrogens with one attached hydrogen (secondary N) is 1. The predicted octanol–water partition coefficient (Wildman–Crippen LogP) is 2.06. The highest BCUT2D eigenvalue weighted by atomic mass is 35.5. The smallest absolute Gasteiger partial charge is 0.263 e. The normalized spacial score (nSPS) is 15.9. The van der Waals surface area contributed by atoms with Gasteiger partial charge in [-0.05, 0) is 18.2 Å². The maximum absolute atomic E-state index is 12.9. The summed E-state index contributed by atoms with van der Waals surface area (Å²) in [4.78, 5) is 12.6. The molecule has 0 unspecified atom stereocenters. The molecule has 0 spiro atoms. The van der Waals surface area contributed by atoms with Crippen LogP contribution >= 0.6 is 23.4 Å². The van der Waals surface area contributed by atoms with Gasteiger partial charge in [-0.2, -0.15) is 21.2 Å². The Morgan fingerprint density at radius 1 is 1.32 bits per heavy atom. The highest BCUT2D eigenvalue weighted by Crippen LogP contribution is 2.23. The van der Waals surface area contributed by atoms with E-state index in [2.05, 4.69) is 10.4 Å². The van der Waals surface area contributed by atoms with Crippen LogP contribution < -0.4 is 5.32 Å². The molecule has 1 fully saturated rings. The number of aryl methyl sites for hydroxylation is 1. The average Bonchev–Trinajstić information content (AvgIpc) is 2.98. The van der Waals surface area contributed by atoms with Crippen molar-refractivity contribution in [1.29, 1.82) is 0 Å². The lowest BCUT2D eigenvalue weighted by atomic mass is 10.3. The first kappa shape index (κ1) is 18.2. The molecule has 2 aromatic rings. The number of anilines is 1. The molecule has 1 aromatic carbocycles. The number of benzene rings is 1. The average molecular weight is 401 g/mol. The van der Waals surface area contributed by atoms with Gasteiger partial charge in [-0.1, -0.05) is 17.7 Å². The molecule has 134 valence electrons. The molecule has 0 radical (unpaired) electrons. The van der Waals surface area contributed by atoms with Gasteiger partial charge in [0.15, 0.2) is 0 Å². The zero-order valence-electron chi connectivity index (χ0n) is 13.5. The molecule has 0 bridgehead atoms. The van der Waals surface area contributed by atoms with Gasteiger partial charge < -0.3 is 5.32 Å². The number of thioether (sulfide) groups is 1. The lowest BCUT2D eigenvalue weighted by Gasteiger charge is -2.24. The molecule has 1 aromatic heterocycles. The van der Waals surface area contributed by atoms with E-state index in [4.69, 9.17) is 11.6 Å². The number of carbonyl (C=O) groups excluding carboxylic acids is 1. The van der Waals surface area contributed by atoms with Gasteiger partial charge in [0.05, 0.1) is 5.56 Å². The number of hydrogen-bond acceptors (Lipinski definition) is 5. The molecule has 25 heavy (non-hydrogen) atoms. The van der Waals surface area contributed by atoms with Gasteiger partial charge in [0.2, 0.25) is 5.03 Å². The first-order valence-corrected chi connectivity index (χ1v) is 10.5. The Morgan fingerprint density at radius 3 is 2.72 bits per heavy atom. The molecule has 2 heterocycles. The second-order valence-electron chi connectivity index (χ2n) is 5.50. The van der Waals surface area contributed by atoms with E-state index in [9.17, 15) is 13.2 Å². The lowest BCUT2D eigenvalue weighted by molar-refractivity contribution is 0.102. The summed E-state index contributed by atoms with van der Waals surface area (Å²) in [5, 5.41) is 6.95. The molecular formula is C15H17ClN4O3S2. The molecule has 0 saturated carbocycles. The van der Waals surface area contributed by atoms with Crippen molar-refractivity contribution in [3.8, 4) is 0 Å². The first-order valence-electron chi connectivity index (χ1n) is 7.56. The van der Waals surface area contributed by atoms with E-state index in [0.717, 1.165) is 11.5 Å². The summed E-state index contributed by atoms with van der Waals surface area (Å²) in [6.45, 7) is 0.831. The highest BCUT2D eigenvalue weighted by molar-refractivity contribution is 7.99. The fraction of sp³-hybridized carbons (Fsp3) is 0.333. The van der Waals surface area contributed by atoms with Crippen LogP contribution in [0.5, 0.6) is 0 Å². The Hall–Kier alpha value is -1.55. The van der Waals surface area contributed by atoms with Gasteiger partial charge in [-0.3, -0.25) is 9.48 Å². The maximum Gasteiger partial charge on any atom is 0.263 e. The van der Waals surface area contributed by atoms with Gasteiger partial charge in [0, 0.05) is 48.5 Å². The van der Waals surface area contributed by atoms with E-state index >= 15 is 0 Å². The summed E-state index contributed by atoms with van der Waals surface area (Å²) in [5.74, 6) is 0.923. The summed E-state index contributed by atoms with van der Waals surface area (Å²) in [7, 11) is -2.23. The summed E-state index contributed by atoms with van der Waals surface area (Å²) in [5.41, 5.74) is 0.500. The molecule has 0 atom stereocenters. The minimum atomic E-state index is -3.82. The predicted molar refractivity (Wildman–Crippen MR) is 98.7 cm³/mol. The van der Waals surface area contributed by atoms with Gasteiger partial charge in [-0.25, -0.2) is 8.42 Å². The van der Waals surface area contributed by atoms with Crippen LogP contribution in [-0.4, -0.2) is 53.0 Å². The molecule has 1 saturated heterocycles. The second-order valence-corrected chi connectivity index (χ2v) is 9.02. The second kappa shape index (κ2) is 7.36. The number of nitrogens with zero attached hydrogens (tertiary/aromatic N) is 3. The summed E-state index contributed by atoms with van der Waals surface area (Å²) in [6.07, 6.45) is 1.41. The van der Waals surface area contributed by atoms with Crippen LogP contribution in [0.15, 0.2) is 35.5 Å². The van der Waals surface area contributed by atoms with Gasteiger partial charge >= 0.3 is 0 Å². The van der Waals surface area contributed by atoms with Crippen molar-refractivity contribution in [2.45, 2.75) is 5.03 Å². The zero-order valence-corrected chi connectivity index (χ0v) is 15.9. The number of halogens is 1. The van der Waals surface area contributed by atoms with Crippen LogP contribution in [0.2, 0.25) is 5.02 Å². The number of sulfonamides is 1. The zero-order chi connectivity index (χ0) is 18.0. The molecule has 1 N–H and O–H groups in total. The van der Waals surface area contributed by atoms with Crippen LogP contribution in [0, 0.1) is 0 Å². The van der Waals surface area contributed by atoms with Crippen LogP contribution in [0.3, 0.4) is 0 Å². The van der Waals surface area contributed by atoms with Crippen molar-refractivity contribution in [3.63, 3.8) is 0 Å². The van der Waals surface area contributed by atoms with E-state index in [-0.39, 0.29) is 10.6 Å². The van der Waals surface area contributed by atoms with E-state index < -0.39 is 15.9 Å². The van der Waals surface area contributed by atoms with Crippen molar-refractivity contribution < 1.29 is 13.2 Å². The minimum Gasteiger partial charge on any atom is -0.322 e. The summed E-state index contributed by atoms with van der Waals surface area (Å²) in [6, 6.07) is 6.65. The number of carbonyl (C=O) groups is 1. The number of aromatic nitrogens is 2. The van der Waals surface area contributed by atoms with E-state index in [0.29, 0.717) is 23.8 Å². The van der Waals surface area contributed by atoms with E-state index in [1.807, 2.05) is 0 Å². The Balaban J connectivity index is 1.91. The van der Waals surface area contributed by atoms with Crippen molar-refractivity contribution in [3.05, 3.63) is 41.0 Å². The number of rotatable bonds is 4. The number of hydrogen-bond donors (Lipinski definition) is 1. The summed E-state index contributed by atoms with van der Waals surface area (Å²) < 4.78 is 28.5. The van der Waals surface area contributed by atoms with Gasteiger partial charge in [-0.15, -0.1) is 0 Å². The van der Waals surface area contributed by atoms with Crippen molar-refractivity contribution in [2.24, 2.45) is 7.05 Å². The van der Waals surface area contributed by atoms with Crippen molar-refractivity contribution in [1.82, 2.24) is 14.1 Å². The van der Waals surface area contributed by atoms with E-state index in [1.54, 1.807) is 43.1 Å². The number of amides is 1. The van der Waals surface area contributed by atoms with Crippen LogP contribution in [-0.2, 0) is 17.1 Å². The molecule has 1 aliphatic rings. The van der Waals surface area contributed by atoms with Crippen LogP contribution in [0.25, 0.3) is 0 Å². The third-order valence-corrected chi connectivity index (χ3v) is 6.69.